The second kappa shape index (κ2) is 11.7. The molecule has 1 aromatic rings. The van der Waals surface area contributed by atoms with Crippen molar-refractivity contribution >= 4 is 39.2 Å². The molecule has 0 aliphatic rings. The summed E-state index contributed by atoms with van der Waals surface area (Å²) in [5.74, 6) is -2.46. The molecule has 0 radical (unpaired) electrons. The molecule has 0 N–H and O–H groups in total. The molecule has 0 fully saturated rings. The summed E-state index contributed by atoms with van der Waals surface area (Å²) in [7, 11) is 3.23. The molecule has 130 valence electrons. The lowest BCUT2D eigenvalue weighted by Crippen LogP contribution is -2.37. The fraction of sp³-hybridized carbons (Fsp3) is 0.467. The summed E-state index contributed by atoms with van der Waals surface area (Å²) in [5.41, 5.74) is 8.90. The molecule has 0 aliphatic heterocycles. The number of rotatable bonds is 11. The molecule has 0 spiro atoms. The third kappa shape index (κ3) is 7.63. The minimum absolute atomic E-state index is 0.160. The van der Waals surface area contributed by atoms with Crippen molar-refractivity contribution in [3.63, 3.8) is 0 Å². The van der Waals surface area contributed by atoms with E-state index in [9.17, 15) is 14.7 Å². The van der Waals surface area contributed by atoms with Crippen molar-refractivity contribution in [2.24, 2.45) is 11.0 Å². The van der Waals surface area contributed by atoms with Crippen molar-refractivity contribution in [3.05, 3.63) is 34.7 Å². The zero-order valence-corrected chi connectivity index (χ0v) is 14.8. The van der Waals surface area contributed by atoms with Gasteiger partial charge in [0.25, 0.3) is 0 Å². The number of hydrogen-bond donors (Lipinski definition) is 0. The molecular formula is C15H18N3O4S2-. The van der Waals surface area contributed by atoms with Gasteiger partial charge in [0.2, 0.25) is 0 Å². The van der Waals surface area contributed by atoms with Crippen molar-refractivity contribution in [1.82, 2.24) is 0 Å². The monoisotopic (exact) mass is 368 g/mol. The topological polar surface area (TPSA) is 115 Å². The molecule has 1 rings (SSSR count). The Labute approximate surface area is 148 Å². The summed E-state index contributed by atoms with van der Waals surface area (Å²) in [6.07, 6.45) is 1.63. The molecule has 0 heterocycles. The quantitative estimate of drug-likeness (QED) is 0.112. The minimum Gasteiger partial charge on any atom is -0.549 e. The van der Waals surface area contributed by atoms with Crippen molar-refractivity contribution in [2.75, 3.05) is 12.4 Å². The van der Waals surface area contributed by atoms with E-state index in [1.807, 2.05) is 12.1 Å². The first-order valence-corrected chi connectivity index (χ1v) is 9.72. The maximum Gasteiger partial charge on any atom is 0.314 e. The van der Waals surface area contributed by atoms with Crippen LogP contribution in [0.4, 0.5) is 5.69 Å². The average molecular weight is 368 g/mol. The van der Waals surface area contributed by atoms with Crippen molar-refractivity contribution in [2.45, 2.75) is 31.1 Å². The van der Waals surface area contributed by atoms with Gasteiger partial charge in [-0.25, -0.2) is 0 Å². The highest BCUT2D eigenvalue weighted by molar-refractivity contribution is 8.76. The van der Waals surface area contributed by atoms with Crippen LogP contribution in [0.15, 0.2) is 34.3 Å². The number of aliphatic carboxylic acids is 1. The largest absolute Gasteiger partial charge is 0.549 e. The van der Waals surface area contributed by atoms with Crippen molar-refractivity contribution in [3.8, 4) is 0 Å². The van der Waals surface area contributed by atoms with Gasteiger partial charge in [-0.15, -0.1) is 0 Å². The van der Waals surface area contributed by atoms with E-state index in [1.165, 1.54) is 0 Å². The number of azide groups is 1. The van der Waals surface area contributed by atoms with Gasteiger partial charge >= 0.3 is 5.97 Å². The molecule has 0 bridgehead atoms. The highest BCUT2D eigenvalue weighted by Gasteiger charge is 2.20. The molecule has 24 heavy (non-hydrogen) atoms. The predicted octanol–water partition coefficient (Wildman–Crippen LogP) is 3.47. The van der Waals surface area contributed by atoms with E-state index in [-0.39, 0.29) is 13.0 Å². The molecule has 0 aromatic heterocycles. The molecular weight excluding hydrogens is 350 g/mol. The summed E-state index contributed by atoms with van der Waals surface area (Å²) in [6.45, 7) is 1.80. The summed E-state index contributed by atoms with van der Waals surface area (Å²) in [5, 5.41) is 14.4. The normalized spacial score (nSPS) is 11.4. The number of nitrogens with zero attached hydrogens (tertiary/aromatic N) is 3. The number of carbonyl (C=O) groups excluding carboxylic acids is 2. The smallest absolute Gasteiger partial charge is 0.314 e. The SMILES string of the molecule is CCOC(=O)C(CCCCSSc1ccc(N=[N+]=[N-])cc1)C(=O)[O-]. The van der Waals surface area contributed by atoms with Gasteiger partial charge in [0.1, 0.15) is 0 Å². The third-order valence-corrected chi connectivity index (χ3v) is 5.45. The molecule has 0 amide bonds. The molecule has 0 saturated heterocycles. The van der Waals surface area contributed by atoms with Crippen molar-refractivity contribution < 1.29 is 19.4 Å². The standard InChI is InChI=1S/C15H19N3O4S2/c1-2-22-15(21)13(14(19)20)5-3-4-10-23-24-12-8-6-11(7-9-12)17-18-16/h6-9,13H,2-5,10H2,1H3,(H,19,20)/p-1. The number of benzene rings is 1. The second-order valence-electron chi connectivity index (χ2n) is 4.71. The predicted molar refractivity (Wildman–Crippen MR) is 92.5 cm³/mol. The number of carboxylic acids is 1. The van der Waals surface area contributed by atoms with Gasteiger partial charge < -0.3 is 14.6 Å². The van der Waals surface area contributed by atoms with Crippen LogP contribution in [0.25, 0.3) is 10.4 Å². The van der Waals surface area contributed by atoms with Crippen LogP contribution in [0.3, 0.4) is 0 Å². The molecule has 1 aromatic carbocycles. The van der Waals surface area contributed by atoms with Crippen molar-refractivity contribution in [1.29, 1.82) is 0 Å². The Morgan fingerprint density at radius 3 is 2.62 bits per heavy atom. The van der Waals surface area contributed by atoms with Crippen LogP contribution in [0.5, 0.6) is 0 Å². The van der Waals surface area contributed by atoms with E-state index in [1.54, 1.807) is 40.6 Å². The van der Waals surface area contributed by atoms with Gasteiger partial charge in [0.05, 0.1) is 18.5 Å². The van der Waals surface area contributed by atoms with Crippen LogP contribution in [-0.2, 0) is 14.3 Å². The summed E-state index contributed by atoms with van der Waals surface area (Å²) in [6, 6.07) is 7.22. The van der Waals surface area contributed by atoms with Gasteiger partial charge in [0.15, 0.2) is 0 Å². The van der Waals surface area contributed by atoms with E-state index < -0.39 is 17.9 Å². The summed E-state index contributed by atoms with van der Waals surface area (Å²) < 4.78 is 4.73. The maximum atomic E-state index is 11.5. The van der Waals surface area contributed by atoms with E-state index in [2.05, 4.69) is 10.0 Å². The first-order chi connectivity index (χ1) is 11.6. The van der Waals surface area contributed by atoms with E-state index in [0.717, 1.165) is 17.1 Å². The number of ether oxygens (including phenoxy) is 1. The van der Waals surface area contributed by atoms with Gasteiger partial charge in [0, 0.05) is 21.2 Å². The molecule has 0 aliphatic carbocycles. The second-order valence-corrected chi connectivity index (χ2v) is 7.20. The molecule has 1 atom stereocenters. The molecule has 0 saturated carbocycles. The highest BCUT2D eigenvalue weighted by atomic mass is 33.1. The number of carbonyl (C=O) groups is 2. The maximum absolute atomic E-state index is 11.5. The number of unbranched alkanes of at least 4 members (excludes halogenated alkanes) is 1. The number of carboxylic acid groups (broad SMARTS) is 1. The average Bonchev–Trinajstić information content (AvgIpc) is 2.55. The Bertz CT molecular complexity index is 589. The van der Waals surface area contributed by atoms with Gasteiger partial charge in [-0.2, -0.15) is 0 Å². The van der Waals surface area contributed by atoms with Crippen LogP contribution in [-0.4, -0.2) is 24.3 Å². The van der Waals surface area contributed by atoms with Crippen LogP contribution in [0, 0.1) is 5.92 Å². The molecule has 1 unspecified atom stereocenters. The van der Waals surface area contributed by atoms with E-state index >= 15 is 0 Å². The fourth-order valence-corrected chi connectivity index (χ4v) is 3.95. The third-order valence-electron chi connectivity index (χ3n) is 2.98. The van der Waals surface area contributed by atoms with Crippen LogP contribution in [0.1, 0.15) is 26.2 Å². The Hall–Kier alpha value is -1.83. The van der Waals surface area contributed by atoms with Crippen LogP contribution < -0.4 is 5.11 Å². The Morgan fingerprint density at radius 2 is 2.04 bits per heavy atom. The van der Waals surface area contributed by atoms with Crippen LogP contribution in [0.2, 0.25) is 0 Å². The van der Waals surface area contributed by atoms with Gasteiger partial charge in [-0.05, 0) is 37.4 Å². The zero-order chi connectivity index (χ0) is 17.8. The van der Waals surface area contributed by atoms with E-state index in [4.69, 9.17) is 10.3 Å². The van der Waals surface area contributed by atoms with Crippen LogP contribution >= 0.6 is 21.6 Å². The van der Waals surface area contributed by atoms with Gasteiger partial charge in [-0.3, -0.25) is 4.79 Å². The van der Waals surface area contributed by atoms with Gasteiger partial charge in [-0.1, -0.05) is 45.3 Å². The minimum atomic E-state index is -1.38. The summed E-state index contributed by atoms with van der Waals surface area (Å²) in [4.78, 5) is 26.2. The fourth-order valence-electron chi connectivity index (χ4n) is 1.81. The highest BCUT2D eigenvalue weighted by Crippen LogP contribution is 2.32. The first kappa shape index (κ1) is 20.2. The molecule has 9 heteroatoms. The van der Waals surface area contributed by atoms with E-state index in [0.29, 0.717) is 12.1 Å². The Morgan fingerprint density at radius 1 is 1.33 bits per heavy atom. The molecule has 7 nitrogen and oxygen atoms in total. The lowest BCUT2D eigenvalue weighted by atomic mass is 10.0. The first-order valence-electron chi connectivity index (χ1n) is 7.40. The number of esters is 1. The summed E-state index contributed by atoms with van der Waals surface area (Å²) >= 11 is 0. The Kier molecular flexibility index (Phi) is 9.83. The number of hydrogen-bond acceptors (Lipinski definition) is 7. The lowest BCUT2D eigenvalue weighted by Gasteiger charge is -2.15. The zero-order valence-electron chi connectivity index (χ0n) is 13.2. The Balaban J connectivity index is 2.24. The lowest BCUT2D eigenvalue weighted by molar-refractivity contribution is -0.311.